The summed E-state index contributed by atoms with van der Waals surface area (Å²) in [6.07, 6.45) is -2.44. The first kappa shape index (κ1) is 16.6. The summed E-state index contributed by atoms with van der Waals surface area (Å²) in [6.45, 7) is 1.34. The van der Waals surface area contributed by atoms with Crippen LogP contribution < -0.4 is 10.2 Å². The van der Waals surface area contributed by atoms with Crippen molar-refractivity contribution in [2.24, 2.45) is 0 Å². The lowest BCUT2D eigenvalue weighted by Crippen LogP contribution is -2.40. The quantitative estimate of drug-likeness (QED) is 0.840. The van der Waals surface area contributed by atoms with E-state index in [0.717, 1.165) is 25.5 Å². The van der Waals surface area contributed by atoms with Gasteiger partial charge in [0, 0.05) is 23.6 Å². The van der Waals surface area contributed by atoms with Gasteiger partial charge in [0.1, 0.15) is 0 Å². The lowest BCUT2D eigenvalue weighted by molar-refractivity contribution is -0.137. The van der Waals surface area contributed by atoms with Crippen LogP contribution in [0.5, 0.6) is 0 Å². The van der Waals surface area contributed by atoms with Crippen molar-refractivity contribution in [3.63, 3.8) is 0 Å². The van der Waals surface area contributed by atoms with Crippen LogP contribution in [-0.4, -0.2) is 37.4 Å². The van der Waals surface area contributed by atoms with Crippen molar-refractivity contribution < 1.29 is 18.3 Å². The Morgan fingerprint density at radius 3 is 2.71 bits per heavy atom. The third kappa shape index (κ3) is 4.34. The summed E-state index contributed by atoms with van der Waals surface area (Å²) < 4.78 is 40.1. The van der Waals surface area contributed by atoms with Crippen LogP contribution in [-0.2, 0) is 6.18 Å². The lowest BCUT2D eigenvalue weighted by atomic mass is 10.1. The van der Waals surface area contributed by atoms with E-state index in [-0.39, 0.29) is 24.9 Å². The molecule has 21 heavy (non-hydrogen) atoms. The first-order valence-electron chi connectivity index (χ1n) is 6.87. The Hall–Kier alpha value is -0.790. The van der Waals surface area contributed by atoms with Gasteiger partial charge in [0.05, 0.1) is 17.9 Å². The minimum absolute atomic E-state index is 0.111. The molecule has 1 unspecified atom stereocenters. The Morgan fingerprint density at radius 1 is 1.38 bits per heavy atom. The normalized spacial score (nSPS) is 19.0. The van der Waals surface area contributed by atoms with Gasteiger partial charge < -0.3 is 15.3 Å². The lowest BCUT2D eigenvalue weighted by Gasteiger charge is -2.30. The molecule has 1 aromatic rings. The van der Waals surface area contributed by atoms with Gasteiger partial charge in [-0.15, -0.1) is 0 Å². The van der Waals surface area contributed by atoms with Gasteiger partial charge in [-0.2, -0.15) is 13.2 Å². The molecule has 3 nitrogen and oxygen atoms in total. The fraction of sp³-hybridized carbons (Fsp3) is 0.571. The highest BCUT2D eigenvalue weighted by Crippen LogP contribution is 2.38. The van der Waals surface area contributed by atoms with Gasteiger partial charge in [-0.05, 0) is 37.6 Å². The summed E-state index contributed by atoms with van der Waals surface area (Å²) in [7, 11) is 0. The maximum Gasteiger partial charge on any atom is 0.418 e. The molecule has 0 spiro atoms. The number of halogens is 4. The molecule has 1 saturated heterocycles. The number of benzene rings is 1. The van der Waals surface area contributed by atoms with Gasteiger partial charge in [0.2, 0.25) is 0 Å². The summed E-state index contributed by atoms with van der Waals surface area (Å²) in [5.74, 6) is 0. The van der Waals surface area contributed by atoms with Crippen molar-refractivity contribution in [2.75, 3.05) is 31.1 Å². The van der Waals surface area contributed by atoms with Gasteiger partial charge in [0.25, 0.3) is 0 Å². The summed E-state index contributed by atoms with van der Waals surface area (Å²) >= 11 is 3.22. The second kappa shape index (κ2) is 6.98. The monoisotopic (exact) mass is 366 g/mol. The molecule has 0 radical (unpaired) electrons. The highest BCUT2D eigenvalue weighted by atomic mass is 79.9. The Bertz CT molecular complexity index is 476. The number of nitrogens with zero attached hydrogens (tertiary/aromatic N) is 1. The molecule has 1 aliphatic rings. The zero-order valence-corrected chi connectivity index (χ0v) is 13.0. The molecule has 0 saturated carbocycles. The van der Waals surface area contributed by atoms with Crippen molar-refractivity contribution in [2.45, 2.75) is 25.1 Å². The van der Waals surface area contributed by atoms with Crippen LogP contribution in [0.3, 0.4) is 0 Å². The zero-order valence-electron chi connectivity index (χ0n) is 11.5. The van der Waals surface area contributed by atoms with Crippen LogP contribution in [0.4, 0.5) is 18.9 Å². The standard InChI is InChI=1S/C14H18BrF3N2O/c15-10-3-4-12(14(16,17)18)13(8-10)20(6-7-21)9-11-2-1-5-19-11/h3-4,8,11,19,21H,1-2,5-7,9H2. The molecule has 0 aromatic heterocycles. The van der Waals surface area contributed by atoms with Crippen LogP contribution in [0.2, 0.25) is 0 Å². The highest BCUT2D eigenvalue weighted by molar-refractivity contribution is 9.10. The van der Waals surface area contributed by atoms with Gasteiger partial charge >= 0.3 is 6.18 Å². The summed E-state index contributed by atoms with van der Waals surface area (Å²) in [5, 5.41) is 12.5. The number of anilines is 1. The van der Waals surface area contributed by atoms with Crippen LogP contribution in [0.15, 0.2) is 22.7 Å². The molecule has 1 aliphatic heterocycles. The number of aliphatic hydroxyl groups is 1. The van der Waals surface area contributed by atoms with Gasteiger partial charge in [0.15, 0.2) is 0 Å². The molecule has 2 N–H and O–H groups in total. The van der Waals surface area contributed by atoms with Crippen LogP contribution in [0.25, 0.3) is 0 Å². The Morgan fingerprint density at radius 2 is 2.14 bits per heavy atom. The molecule has 1 aromatic carbocycles. The predicted octanol–water partition coefficient (Wildman–Crippen LogP) is 3.02. The molecule has 0 bridgehead atoms. The van der Waals surface area contributed by atoms with E-state index in [0.29, 0.717) is 11.0 Å². The minimum Gasteiger partial charge on any atom is -0.395 e. The molecule has 1 heterocycles. The van der Waals surface area contributed by atoms with Crippen molar-refractivity contribution >= 4 is 21.6 Å². The van der Waals surface area contributed by atoms with E-state index in [1.165, 1.54) is 12.1 Å². The molecule has 118 valence electrons. The number of alkyl halides is 3. The van der Waals surface area contributed by atoms with Crippen molar-refractivity contribution in [3.05, 3.63) is 28.2 Å². The molecular formula is C14H18BrF3N2O. The molecule has 1 fully saturated rings. The first-order valence-corrected chi connectivity index (χ1v) is 7.67. The molecular weight excluding hydrogens is 349 g/mol. The van der Waals surface area contributed by atoms with E-state index in [1.54, 1.807) is 4.90 Å². The van der Waals surface area contributed by atoms with Crippen LogP contribution in [0, 0.1) is 0 Å². The molecule has 1 atom stereocenters. The minimum atomic E-state index is -4.41. The number of hydrogen-bond acceptors (Lipinski definition) is 3. The molecule has 0 amide bonds. The second-order valence-electron chi connectivity index (χ2n) is 5.12. The Balaban J connectivity index is 2.31. The van der Waals surface area contributed by atoms with Crippen molar-refractivity contribution in [1.29, 1.82) is 0 Å². The topological polar surface area (TPSA) is 35.5 Å². The summed E-state index contributed by atoms with van der Waals surface area (Å²) in [6, 6.07) is 4.09. The van der Waals surface area contributed by atoms with Crippen molar-refractivity contribution in [1.82, 2.24) is 5.32 Å². The van der Waals surface area contributed by atoms with E-state index in [2.05, 4.69) is 21.2 Å². The first-order chi connectivity index (χ1) is 9.91. The third-order valence-corrected chi connectivity index (χ3v) is 4.07. The number of aliphatic hydroxyl groups excluding tert-OH is 1. The smallest absolute Gasteiger partial charge is 0.395 e. The largest absolute Gasteiger partial charge is 0.418 e. The van der Waals surface area contributed by atoms with Crippen molar-refractivity contribution in [3.8, 4) is 0 Å². The molecule has 2 rings (SSSR count). The number of nitrogens with one attached hydrogen (secondary N) is 1. The third-order valence-electron chi connectivity index (χ3n) is 3.58. The van der Waals surface area contributed by atoms with Crippen LogP contribution in [0.1, 0.15) is 18.4 Å². The average Bonchev–Trinajstić information content (AvgIpc) is 2.89. The van der Waals surface area contributed by atoms with E-state index >= 15 is 0 Å². The molecule has 7 heteroatoms. The zero-order chi connectivity index (χ0) is 15.5. The Labute approximate surface area is 130 Å². The van der Waals surface area contributed by atoms with E-state index < -0.39 is 11.7 Å². The fourth-order valence-corrected chi connectivity index (χ4v) is 2.96. The fourth-order valence-electron chi connectivity index (χ4n) is 2.62. The number of rotatable bonds is 5. The molecule has 0 aliphatic carbocycles. The summed E-state index contributed by atoms with van der Waals surface area (Å²) in [5.41, 5.74) is -0.559. The SMILES string of the molecule is OCCN(CC1CCCN1)c1cc(Br)ccc1C(F)(F)F. The van der Waals surface area contributed by atoms with Gasteiger partial charge in [-0.1, -0.05) is 15.9 Å². The summed E-state index contributed by atoms with van der Waals surface area (Å²) in [4.78, 5) is 1.61. The van der Waals surface area contributed by atoms with Gasteiger partial charge in [-0.3, -0.25) is 0 Å². The number of hydrogen-bond donors (Lipinski definition) is 2. The second-order valence-corrected chi connectivity index (χ2v) is 6.04. The van der Waals surface area contributed by atoms with Gasteiger partial charge in [-0.25, -0.2) is 0 Å². The maximum absolute atomic E-state index is 13.2. The average molecular weight is 367 g/mol. The maximum atomic E-state index is 13.2. The van der Waals surface area contributed by atoms with E-state index in [1.807, 2.05) is 0 Å². The Kier molecular flexibility index (Phi) is 5.51. The van der Waals surface area contributed by atoms with Crippen LogP contribution >= 0.6 is 15.9 Å². The highest BCUT2D eigenvalue weighted by Gasteiger charge is 2.35. The predicted molar refractivity (Wildman–Crippen MR) is 79.5 cm³/mol. The van der Waals surface area contributed by atoms with E-state index in [4.69, 9.17) is 0 Å². The van der Waals surface area contributed by atoms with E-state index in [9.17, 15) is 18.3 Å².